The van der Waals surface area contributed by atoms with E-state index < -0.39 is 5.63 Å². The number of nitrogens with one attached hydrogen (secondary N) is 1. The Hall–Kier alpha value is -3.15. The Labute approximate surface area is 138 Å². The van der Waals surface area contributed by atoms with Gasteiger partial charge in [-0.1, -0.05) is 0 Å². The quantitative estimate of drug-likeness (QED) is 0.701. The summed E-state index contributed by atoms with van der Waals surface area (Å²) in [7, 11) is 3.15. The normalized spacial score (nSPS) is 10.6. The van der Waals surface area contributed by atoms with Crippen molar-refractivity contribution >= 4 is 16.7 Å². The summed E-state index contributed by atoms with van der Waals surface area (Å²) in [4.78, 5) is 11.7. The molecule has 6 nitrogen and oxygen atoms in total. The van der Waals surface area contributed by atoms with Crippen molar-refractivity contribution < 1.29 is 19.0 Å². The van der Waals surface area contributed by atoms with E-state index in [2.05, 4.69) is 5.32 Å². The third kappa shape index (κ3) is 3.12. The van der Waals surface area contributed by atoms with Crippen molar-refractivity contribution in [3.05, 3.63) is 58.4 Å². The molecule has 0 aliphatic rings. The summed E-state index contributed by atoms with van der Waals surface area (Å²) in [5.41, 5.74) is 1.49. The topological polar surface area (TPSA) is 80.9 Å². The lowest BCUT2D eigenvalue weighted by molar-refractivity contribution is 0.355. The molecule has 0 radical (unpaired) electrons. The van der Waals surface area contributed by atoms with E-state index in [4.69, 9.17) is 13.9 Å². The number of anilines is 1. The maximum atomic E-state index is 11.7. The number of aromatic hydroxyl groups is 1. The standard InChI is InChI=1S/C18H17NO5/c1-22-15-6-3-12(8-17(15)23-2)19-10-11-7-18(21)24-16-9-13(20)4-5-14(11)16/h3-9,19-20H,10H2,1-2H3. The zero-order valence-corrected chi connectivity index (χ0v) is 13.3. The molecule has 1 aromatic heterocycles. The van der Waals surface area contributed by atoms with E-state index in [-0.39, 0.29) is 5.75 Å². The highest BCUT2D eigenvalue weighted by Crippen LogP contribution is 2.30. The van der Waals surface area contributed by atoms with Crippen LogP contribution < -0.4 is 20.4 Å². The zero-order chi connectivity index (χ0) is 17.1. The van der Waals surface area contributed by atoms with Crippen LogP contribution in [0.5, 0.6) is 17.2 Å². The first kappa shape index (κ1) is 15.7. The minimum absolute atomic E-state index is 0.0515. The Morgan fingerprint density at radius 1 is 1.04 bits per heavy atom. The van der Waals surface area contributed by atoms with Crippen LogP contribution in [0, 0.1) is 0 Å². The molecule has 124 valence electrons. The number of ether oxygens (including phenoxy) is 2. The Morgan fingerprint density at radius 2 is 1.83 bits per heavy atom. The van der Waals surface area contributed by atoms with Gasteiger partial charge in [-0.3, -0.25) is 0 Å². The molecule has 0 atom stereocenters. The van der Waals surface area contributed by atoms with Gasteiger partial charge < -0.3 is 24.3 Å². The molecule has 2 N–H and O–H groups in total. The summed E-state index contributed by atoms with van der Waals surface area (Å²) in [6, 6.07) is 11.6. The Morgan fingerprint density at radius 3 is 2.58 bits per heavy atom. The number of fused-ring (bicyclic) bond motifs is 1. The van der Waals surface area contributed by atoms with Gasteiger partial charge in [0.15, 0.2) is 11.5 Å². The molecule has 0 amide bonds. The maximum absolute atomic E-state index is 11.7. The summed E-state index contributed by atoms with van der Waals surface area (Å²) in [5.74, 6) is 1.31. The van der Waals surface area contributed by atoms with Crippen LogP contribution in [0.3, 0.4) is 0 Å². The van der Waals surface area contributed by atoms with Crippen LogP contribution in [-0.4, -0.2) is 19.3 Å². The van der Waals surface area contributed by atoms with Gasteiger partial charge in [-0.2, -0.15) is 0 Å². The maximum Gasteiger partial charge on any atom is 0.336 e. The second-order valence-electron chi connectivity index (χ2n) is 5.19. The summed E-state index contributed by atoms with van der Waals surface area (Å²) >= 11 is 0. The van der Waals surface area contributed by atoms with E-state index in [1.165, 1.54) is 12.1 Å². The zero-order valence-electron chi connectivity index (χ0n) is 13.3. The molecule has 0 unspecified atom stereocenters. The van der Waals surface area contributed by atoms with Crippen molar-refractivity contribution in [2.24, 2.45) is 0 Å². The van der Waals surface area contributed by atoms with E-state index in [0.29, 0.717) is 23.6 Å². The average molecular weight is 327 g/mol. The molecule has 0 aliphatic heterocycles. The highest BCUT2D eigenvalue weighted by Gasteiger charge is 2.08. The third-order valence-corrected chi connectivity index (χ3v) is 3.68. The first-order valence-corrected chi connectivity index (χ1v) is 7.32. The Bertz CT molecular complexity index is 932. The smallest absolute Gasteiger partial charge is 0.336 e. The first-order valence-electron chi connectivity index (χ1n) is 7.32. The van der Waals surface area contributed by atoms with Crippen molar-refractivity contribution in [2.45, 2.75) is 6.54 Å². The number of benzene rings is 2. The van der Waals surface area contributed by atoms with E-state index in [9.17, 15) is 9.90 Å². The van der Waals surface area contributed by atoms with Crippen molar-refractivity contribution in [3.63, 3.8) is 0 Å². The molecule has 2 aromatic carbocycles. The molecule has 24 heavy (non-hydrogen) atoms. The number of rotatable bonds is 5. The van der Waals surface area contributed by atoms with Gasteiger partial charge in [-0.05, 0) is 29.8 Å². The first-order chi connectivity index (χ1) is 11.6. The molecule has 0 saturated heterocycles. The number of hydrogen-bond acceptors (Lipinski definition) is 6. The lowest BCUT2D eigenvalue weighted by Crippen LogP contribution is -2.06. The number of phenolic OH excluding ortho intramolecular Hbond substituents is 1. The lowest BCUT2D eigenvalue weighted by Gasteiger charge is -2.12. The van der Waals surface area contributed by atoms with Gasteiger partial charge in [0.1, 0.15) is 11.3 Å². The molecule has 0 fully saturated rings. The van der Waals surface area contributed by atoms with Crippen molar-refractivity contribution in [3.8, 4) is 17.2 Å². The van der Waals surface area contributed by atoms with Gasteiger partial charge in [-0.25, -0.2) is 4.79 Å². The van der Waals surface area contributed by atoms with E-state index in [1.807, 2.05) is 12.1 Å². The predicted octanol–water partition coefficient (Wildman–Crippen LogP) is 3.13. The van der Waals surface area contributed by atoms with Crippen LogP contribution in [0.15, 0.2) is 51.7 Å². The van der Waals surface area contributed by atoms with Crippen LogP contribution in [0.2, 0.25) is 0 Å². The number of methoxy groups -OCH3 is 2. The van der Waals surface area contributed by atoms with Crippen molar-refractivity contribution in [2.75, 3.05) is 19.5 Å². The van der Waals surface area contributed by atoms with Gasteiger partial charge in [0.25, 0.3) is 0 Å². The molecular formula is C18H17NO5. The van der Waals surface area contributed by atoms with Crippen molar-refractivity contribution in [1.82, 2.24) is 0 Å². The van der Waals surface area contributed by atoms with Gasteiger partial charge in [0.2, 0.25) is 0 Å². The van der Waals surface area contributed by atoms with Crippen LogP contribution in [0.4, 0.5) is 5.69 Å². The summed E-state index contributed by atoms with van der Waals surface area (Å²) in [6.45, 7) is 0.419. The van der Waals surface area contributed by atoms with Crippen LogP contribution in [-0.2, 0) is 6.54 Å². The van der Waals surface area contributed by atoms with Crippen molar-refractivity contribution in [1.29, 1.82) is 0 Å². The Kier molecular flexibility index (Phi) is 4.29. The molecule has 6 heteroatoms. The van der Waals surface area contributed by atoms with Gasteiger partial charge in [0.05, 0.1) is 14.2 Å². The monoisotopic (exact) mass is 327 g/mol. The molecular weight excluding hydrogens is 310 g/mol. The number of phenols is 1. The van der Waals surface area contributed by atoms with Gasteiger partial charge >= 0.3 is 5.63 Å². The Balaban J connectivity index is 1.89. The van der Waals surface area contributed by atoms with Crippen LogP contribution >= 0.6 is 0 Å². The van der Waals surface area contributed by atoms with Crippen LogP contribution in [0.1, 0.15) is 5.56 Å². The summed E-state index contributed by atoms with van der Waals surface area (Å²) in [5, 5.41) is 13.5. The molecule has 0 aliphatic carbocycles. The molecule has 0 saturated carbocycles. The second-order valence-corrected chi connectivity index (χ2v) is 5.19. The molecule has 0 spiro atoms. The largest absolute Gasteiger partial charge is 0.508 e. The highest BCUT2D eigenvalue weighted by atomic mass is 16.5. The molecule has 1 heterocycles. The number of hydrogen-bond donors (Lipinski definition) is 2. The highest BCUT2D eigenvalue weighted by molar-refractivity contribution is 5.81. The summed E-state index contributed by atoms with van der Waals surface area (Å²) in [6.07, 6.45) is 0. The molecule has 3 aromatic rings. The SMILES string of the molecule is COc1ccc(NCc2cc(=O)oc3cc(O)ccc23)cc1OC. The molecule has 3 rings (SSSR count). The fraction of sp³-hybridized carbons (Fsp3) is 0.167. The van der Waals surface area contributed by atoms with E-state index >= 15 is 0 Å². The fourth-order valence-electron chi connectivity index (χ4n) is 2.51. The lowest BCUT2D eigenvalue weighted by atomic mass is 10.1. The van der Waals surface area contributed by atoms with Gasteiger partial charge in [-0.15, -0.1) is 0 Å². The van der Waals surface area contributed by atoms with Crippen LogP contribution in [0.25, 0.3) is 11.0 Å². The third-order valence-electron chi connectivity index (χ3n) is 3.68. The minimum atomic E-state index is -0.461. The average Bonchev–Trinajstić information content (AvgIpc) is 2.58. The van der Waals surface area contributed by atoms with E-state index in [1.54, 1.807) is 32.4 Å². The fourth-order valence-corrected chi connectivity index (χ4v) is 2.51. The predicted molar refractivity (Wildman–Crippen MR) is 91.0 cm³/mol. The molecule has 0 bridgehead atoms. The summed E-state index contributed by atoms with van der Waals surface area (Å²) < 4.78 is 15.6. The second kappa shape index (κ2) is 6.54. The van der Waals surface area contributed by atoms with Gasteiger partial charge in [0, 0.05) is 35.8 Å². The van der Waals surface area contributed by atoms with E-state index in [0.717, 1.165) is 16.6 Å². The minimum Gasteiger partial charge on any atom is -0.508 e.